The van der Waals surface area contributed by atoms with E-state index in [1.165, 1.54) is 5.56 Å². The molecule has 0 saturated carbocycles. The first-order valence-electron chi connectivity index (χ1n) is 9.48. The summed E-state index contributed by atoms with van der Waals surface area (Å²) >= 11 is 0. The quantitative estimate of drug-likeness (QED) is 0.810. The molecule has 0 aliphatic carbocycles. The SMILES string of the molecule is Cc1ccc(CN(C(=O)Cc2ccccc2C)[C@@H](C)C(=O)NC(C)C)cc1. The summed E-state index contributed by atoms with van der Waals surface area (Å²) in [6.45, 7) is 10.1. The van der Waals surface area contributed by atoms with Crippen LogP contribution in [-0.2, 0) is 22.6 Å². The molecule has 0 radical (unpaired) electrons. The monoisotopic (exact) mass is 366 g/mol. The number of rotatable bonds is 7. The van der Waals surface area contributed by atoms with Crippen molar-refractivity contribution in [2.75, 3.05) is 0 Å². The highest BCUT2D eigenvalue weighted by Gasteiger charge is 2.26. The molecule has 0 saturated heterocycles. The molecule has 4 nitrogen and oxygen atoms in total. The van der Waals surface area contributed by atoms with E-state index in [1.54, 1.807) is 11.8 Å². The van der Waals surface area contributed by atoms with Crippen LogP contribution in [0.2, 0.25) is 0 Å². The van der Waals surface area contributed by atoms with Gasteiger partial charge >= 0.3 is 0 Å². The number of hydrogen-bond acceptors (Lipinski definition) is 2. The van der Waals surface area contributed by atoms with E-state index in [9.17, 15) is 9.59 Å². The smallest absolute Gasteiger partial charge is 0.242 e. The first-order chi connectivity index (χ1) is 12.8. The van der Waals surface area contributed by atoms with E-state index >= 15 is 0 Å². The van der Waals surface area contributed by atoms with Gasteiger partial charge in [-0.15, -0.1) is 0 Å². The standard InChI is InChI=1S/C23H30N2O2/c1-16(2)24-23(27)19(5)25(15-20-12-10-17(3)11-13-20)22(26)14-21-9-7-6-8-18(21)4/h6-13,16,19H,14-15H2,1-5H3,(H,24,27)/t19-/m0/s1. The van der Waals surface area contributed by atoms with Crippen LogP contribution in [0.15, 0.2) is 48.5 Å². The maximum absolute atomic E-state index is 13.1. The molecule has 2 rings (SSSR count). The van der Waals surface area contributed by atoms with Gasteiger partial charge in [0.25, 0.3) is 0 Å². The summed E-state index contributed by atoms with van der Waals surface area (Å²) in [5.41, 5.74) is 4.26. The maximum Gasteiger partial charge on any atom is 0.242 e. The third kappa shape index (κ3) is 5.95. The second-order valence-electron chi connectivity index (χ2n) is 7.45. The van der Waals surface area contributed by atoms with Crippen LogP contribution < -0.4 is 5.32 Å². The predicted molar refractivity (Wildman–Crippen MR) is 109 cm³/mol. The van der Waals surface area contributed by atoms with Gasteiger partial charge in [0.15, 0.2) is 0 Å². The van der Waals surface area contributed by atoms with Crippen LogP contribution in [0, 0.1) is 13.8 Å². The molecule has 0 spiro atoms. The zero-order valence-corrected chi connectivity index (χ0v) is 17.0. The molecule has 2 amide bonds. The fourth-order valence-corrected chi connectivity index (χ4v) is 2.95. The van der Waals surface area contributed by atoms with E-state index in [1.807, 2.05) is 76.2 Å². The Morgan fingerprint density at radius 2 is 1.59 bits per heavy atom. The number of benzene rings is 2. The van der Waals surface area contributed by atoms with Crippen molar-refractivity contribution < 1.29 is 9.59 Å². The van der Waals surface area contributed by atoms with Crippen molar-refractivity contribution in [3.63, 3.8) is 0 Å². The van der Waals surface area contributed by atoms with E-state index in [0.717, 1.165) is 16.7 Å². The van der Waals surface area contributed by atoms with Crippen LogP contribution in [-0.4, -0.2) is 28.8 Å². The first kappa shape index (κ1) is 20.7. The summed E-state index contributed by atoms with van der Waals surface area (Å²) in [5, 5.41) is 2.92. The fourth-order valence-electron chi connectivity index (χ4n) is 2.95. The van der Waals surface area contributed by atoms with Crippen molar-refractivity contribution >= 4 is 11.8 Å². The van der Waals surface area contributed by atoms with Crippen molar-refractivity contribution in [2.24, 2.45) is 0 Å². The maximum atomic E-state index is 13.1. The van der Waals surface area contributed by atoms with Crippen molar-refractivity contribution in [3.8, 4) is 0 Å². The van der Waals surface area contributed by atoms with E-state index < -0.39 is 6.04 Å². The predicted octanol–water partition coefficient (Wildman–Crippen LogP) is 3.79. The van der Waals surface area contributed by atoms with Gasteiger partial charge < -0.3 is 10.2 Å². The van der Waals surface area contributed by atoms with E-state index in [0.29, 0.717) is 6.54 Å². The summed E-state index contributed by atoms with van der Waals surface area (Å²) in [7, 11) is 0. The minimum Gasteiger partial charge on any atom is -0.352 e. The summed E-state index contributed by atoms with van der Waals surface area (Å²) in [5.74, 6) is -0.175. The number of carbonyl (C=O) groups is 2. The molecular formula is C23H30N2O2. The lowest BCUT2D eigenvalue weighted by Crippen LogP contribution is -2.49. The Balaban J connectivity index is 2.24. The van der Waals surface area contributed by atoms with Crippen molar-refractivity contribution in [1.29, 1.82) is 0 Å². The highest BCUT2D eigenvalue weighted by atomic mass is 16.2. The molecule has 0 heterocycles. The van der Waals surface area contributed by atoms with Crippen LogP contribution >= 0.6 is 0 Å². The molecule has 0 aromatic heterocycles. The minimum atomic E-state index is -0.537. The summed E-state index contributed by atoms with van der Waals surface area (Å²) in [4.78, 5) is 27.3. The van der Waals surface area contributed by atoms with Gasteiger partial charge in [-0.05, 0) is 51.3 Å². The van der Waals surface area contributed by atoms with Gasteiger partial charge in [0.05, 0.1) is 6.42 Å². The fraction of sp³-hybridized carbons (Fsp3) is 0.391. The lowest BCUT2D eigenvalue weighted by atomic mass is 10.0. The molecule has 27 heavy (non-hydrogen) atoms. The normalized spacial score (nSPS) is 11.9. The second-order valence-corrected chi connectivity index (χ2v) is 7.45. The van der Waals surface area contributed by atoms with Gasteiger partial charge in [0.2, 0.25) is 11.8 Å². The Hall–Kier alpha value is -2.62. The highest BCUT2D eigenvalue weighted by Crippen LogP contribution is 2.15. The van der Waals surface area contributed by atoms with Gasteiger partial charge in [-0.3, -0.25) is 9.59 Å². The zero-order valence-electron chi connectivity index (χ0n) is 17.0. The molecule has 1 atom stereocenters. The largest absolute Gasteiger partial charge is 0.352 e. The van der Waals surface area contributed by atoms with Crippen LogP contribution in [0.3, 0.4) is 0 Å². The van der Waals surface area contributed by atoms with E-state index in [4.69, 9.17) is 0 Å². The molecule has 0 fully saturated rings. The Labute approximate surface area is 162 Å². The number of nitrogens with one attached hydrogen (secondary N) is 1. The zero-order chi connectivity index (χ0) is 20.0. The molecule has 1 N–H and O–H groups in total. The number of carbonyl (C=O) groups excluding carboxylic acids is 2. The number of nitrogens with zero attached hydrogens (tertiary/aromatic N) is 1. The van der Waals surface area contributed by atoms with Gasteiger partial charge in [0, 0.05) is 12.6 Å². The van der Waals surface area contributed by atoms with Crippen molar-refractivity contribution in [2.45, 2.75) is 59.7 Å². The lowest BCUT2D eigenvalue weighted by molar-refractivity contribution is -0.140. The van der Waals surface area contributed by atoms with Crippen LogP contribution in [0.5, 0.6) is 0 Å². The molecule has 4 heteroatoms. The summed E-state index contributed by atoms with van der Waals surface area (Å²) < 4.78 is 0. The average molecular weight is 367 g/mol. The van der Waals surface area contributed by atoms with E-state index in [-0.39, 0.29) is 24.3 Å². The van der Waals surface area contributed by atoms with Crippen LogP contribution in [0.4, 0.5) is 0 Å². The molecule has 144 valence electrons. The lowest BCUT2D eigenvalue weighted by Gasteiger charge is -2.29. The number of hydrogen-bond donors (Lipinski definition) is 1. The molecule has 0 bridgehead atoms. The molecule has 2 aromatic carbocycles. The Morgan fingerprint density at radius 3 is 2.19 bits per heavy atom. The first-order valence-corrected chi connectivity index (χ1v) is 9.48. The van der Waals surface area contributed by atoms with Gasteiger partial charge in [-0.25, -0.2) is 0 Å². The second kappa shape index (κ2) is 9.36. The molecule has 0 aliphatic rings. The minimum absolute atomic E-state index is 0.0349. The summed E-state index contributed by atoms with van der Waals surface area (Å²) in [6.07, 6.45) is 0.290. The number of amides is 2. The van der Waals surface area contributed by atoms with E-state index in [2.05, 4.69) is 5.32 Å². The topological polar surface area (TPSA) is 49.4 Å². The molecule has 2 aromatic rings. The Kier molecular flexibility index (Phi) is 7.17. The molecular weight excluding hydrogens is 336 g/mol. The van der Waals surface area contributed by atoms with Gasteiger partial charge in [-0.2, -0.15) is 0 Å². The molecule has 0 unspecified atom stereocenters. The third-order valence-electron chi connectivity index (χ3n) is 4.67. The third-order valence-corrected chi connectivity index (χ3v) is 4.67. The Morgan fingerprint density at radius 1 is 0.963 bits per heavy atom. The Bertz CT molecular complexity index is 781. The van der Waals surface area contributed by atoms with Crippen LogP contribution in [0.25, 0.3) is 0 Å². The van der Waals surface area contributed by atoms with Crippen molar-refractivity contribution in [3.05, 3.63) is 70.8 Å². The molecule has 0 aliphatic heterocycles. The van der Waals surface area contributed by atoms with Gasteiger partial charge in [0.1, 0.15) is 6.04 Å². The van der Waals surface area contributed by atoms with Gasteiger partial charge in [-0.1, -0.05) is 54.1 Å². The van der Waals surface area contributed by atoms with Crippen LogP contribution in [0.1, 0.15) is 43.0 Å². The summed E-state index contributed by atoms with van der Waals surface area (Å²) in [6, 6.07) is 15.4. The van der Waals surface area contributed by atoms with Crippen molar-refractivity contribution in [1.82, 2.24) is 10.2 Å². The highest BCUT2D eigenvalue weighted by molar-refractivity contribution is 5.88. The average Bonchev–Trinajstić information content (AvgIpc) is 2.62. The number of aryl methyl sites for hydroxylation is 2.